The maximum atomic E-state index is 13.6. The van der Waals surface area contributed by atoms with Gasteiger partial charge >= 0.3 is 0 Å². The topological polar surface area (TPSA) is 84.3 Å². The second-order valence-corrected chi connectivity index (χ2v) is 9.28. The lowest BCUT2D eigenvalue weighted by Crippen LogP contribution is -2.28. The number of hydrogen-bond donors (Lipinski definition) is 2. The van der Waals surface area contributed by atoms with Gasteiger partial charge in [0.25, 0.3) is 0 Å². The van der Waals surface area contributed by atoms with Crippen LogP contribution in [0.25, 0.3) is 16.5 Å². The van der Waals surface area contributed by atoms with Gasteiger partial charge in [-0.2, -0.15) is 13.5 Å². The number of ketones is 1. The number of nitrogens with one attached hydrogen (secondary N) is 1. The van der Waals surface area contributed by atoms with Crippen LogP contribution in [0.4, 0.5) is 0 Å². The highest BCUT2D eigenvalue weighted by atomic mass is 35.5. The van der Waals surface area contributed by atoms with Gasteiger partial charge in [-0.25, -0.2) is 0 Å². The minimum absolute atomic E-state index is 0. The molecule has 2 aromatic carbocycles. The predicted octanol–water partition coefficient (Wildman–Crippen LogP) is 4.74. The molecular weight excluding hydrogens is 468 g/mol. The summed E-state index contributed by atoms with van der Waals surface area (Å²) >= 11 is 6.16. The van der Waals surface area contributed by atoms with Gasteiger partial charge in [-0.05, 0) is 62.8 Å². The van der Waals surface area contributed by atoms with Crippen LogP contribution in [0.15, 0.2) is 48.3 Å². The summed E-state index contributed by atoms with van der Waals surface area (Å²) < 4.78 is 8.00. The van der Waals surface area contributed by atoms with E-state index in [0.29, 0.717) is 34.9 Å². The smallest absolute Gasteiger partial charge is 0.171 e. The molecule has 1 aliphatic rings. The number of likely N-dealkylation sites (N-methyl/N-ethyl adjacent to an activating group) is 1. The molecule has 1 aromatic heterocycles. The lowest BCUT2D eigenvalue weighted by Gasteiger charge is -2.24. The predicted molar refractivity (Wildman–Crippen MR) is 145 cm³/mol. The first kappa shape index (κ1) is 25.9. The summed E-state index contributed by atoms with van der Waals surface area (Å²) in [6.45, 7) is 3.72. The van der Waals surface area contributed by atoms with Crippen LogP contribution in [0.2, 0.25) is 5.02 Å². The molecule has 3 N–H and O–H groups in total. The Morgan fingerprint density at radius 1 is 1.29 bits per heavy atom. The fraction of sp³-hybridized carbons (Fsp3) is 0.308. The molecule has 34 heavy (non-hydrogen) atoms. The van der Waals surface area contributed by atoms with Crippen molar-refractivity contribution in [2.24, 2.45) is 11.7 Å². The van der Waals surface area contributed by atoms with Crippen LogP contribution in [-0.2, 0) is 13.0 Å². The average Bonchev–Trinajstić information content (AvgIpc) is 3.15. The summed E-state index contributed by atoms with van der Waals surface area (Å²) in [5.74, 6) is 0.594. The molecule has 0 aliphatic carbocycles. The summed E-state index contributed by atoms with van der Waals surface area (Å²) in [7, 11) is 4.05. The van der Waals surface area contributed by atoms with Crippen LogP contribution in [0, 0.1) is 11.3 Å². The number of nitrogens with two attached hydrogens (primary N) is 1. The average molecular weight is 499 g/mol. The number of nitrogens with zero attached hydrogens (tertiary/aromatic N) is 2. The highest BCUT2D eigenvalue weighted by Gasteiger charge is 2.29. The van der Waals surface area contributed by atoms with Gasteiger partial charge in [0.2, 0.25) is 0 Å². The van der Waals surface area contributed by atoms with E-state index in [1.54, 1.807) is 13.0 Å². The van der Waals surface area contributed by atoms with Gasteiger partial charge in [0.15, 0.2) is 5.78 Å². The van der Waals surface area contributed by atoms with E-state index in [1.807, 2.05) is 50.6 Å². The number of Topliss-reactive ketones (excluding diaryl/α,β-unsaturated/α-hetero) is 1. The number of ether oxygens (including phenoxy) is 1. The summed E-state index contributed by atoms with van der Waals surface area (Å²) in [4.78, 5) is 15.8. The number of hydrogen-bond acceptors (Lipinski definition) is 5. The summed E-state index contributed by atoms with van der Waals surface area (Å²) in [5.41, 5.74) is 10.7. The third-order valence-corrected chi connectivity index (χ3v) is 6.35. The third-order valence-electron chi connectivity index (χ3n) is 6.12. The number of benzene rings is 2. The van der Waals surface area contributed by atoms with Crippen molar-refractivity contribution < 1.29 is 9.53 Å². The molecule has 0 fully saturated rings. The van der Waals surface area contributed by atoms with Crippen molar-refractivity contribution in [3.8, 4) is 5.75 Å². The monoisotopic (exact) mass is 498 g/mol. The van der Waals surface area contributed by atoms with Gasteiger partial charge in [0.1, 0.15) is 5.75 Å². The fourth-order valence-corrected chi connectivity index (χ4v) is 4.52. The second kappa shape index (κ2) is 10.7. The Hall–Kier alpha value is -2.74. The van der Waals surface area contributed by atoms with Gasteiger partial charge in [0.05, 0.1) is 12.5 Å². The van der Waals surface area contributed by atoms with E-state index in [4.69, 9.17) is 27.5 Å². The molecule has 4 rings (SSSR count). The van der Waals surface area contributed by atoms with Gasteiger partial charge in [-0.15, -0.1) is 0 Å². The Morgan fingerprint density at radius 2 is 2.06 bits per heavy atom. The SMILES string of the molecule is C/C(N)=C(/C=N)c1ccc2c(C(=O)C3COc4ccc(Cl)cc4C3)cn(CCN(C)C)c2c1.S. The molecule has 0 amide bonds. The number of fused-ring (bicyclic) bond motifs is 2. The number of halogens is 1. The normalized spacial score (nSPS) is 15.9. The van der Waals surface area contributed by atoms with E-state index in [-0.39, 0.29) is 25.2 Å². The van der Waals surface area contributed by atoms with Crippen molar-refractivity contribution >= 4 is 53.6 Å². The summed E-state index contributed by atoms with van der Waals surface area (Å²) in [6, 6.07) is 11.5. The maximum absolute atomic E-state index is 13.6. The Bertz CT molecular complexity index is 1260. The standard InChI is InChI=1S/C26H29ClN4O2.H2S/c1-16(29)22(13-28)17-4-6-21-23(14-31(24(21)12-17)9-8-30(2)3)26(32)19-10-18-11-20(27)5-7-25(18)33-15-19;/h4-7,11-14,19,28H,8-10,15,29H2,1-3H3;1H2/b22-16+,28-13?;. The van der Waals surface area contributed by atoms with Crippen molar-refractivity contribution in [3.63, 3.8) is 0 Å². The lowest BCUT2D eigenvalue weighted by molar-refractivity contribution is 0.0856. The number of carbonyl (C=O) groups is 1. The summed E-state index contributed by atoms with van der Waals surface area (Å²) in [6.07, 6.45) is 3.83. The largest absolute Gasteiger partial charge is 0.493 e. The molecule has 3 aromatic rings. The first-order valence-corrected chi connectivity index (χ1v) is 11.4. The first-order chi connectivity index (χ1) is 15.8. The quantitative estimate of drug-likeness (QED) is 0.364. The van der Waals surface area contributed by atoms with Crippen molar-refractivity contribution in [1.29, 1.82) is 5.41 Å². The second-order valence-electron chi connectivity index (χ2n) is 8.84. The Morgan fingerprint density at radius 3 is 2.74 bits per heavy atom. The van der Waals surface area contributed by atoms with Gasteiger partial charge < -0.3 is 25.3 Å². The van der Waals surface area contributed by atoms with Crippen LogP contribution >= 0.6 is 25.1 Å². The van der Waals surface area contributed by atoms with Crippen molar-refractivity contribution in [2.45, 2.75) is 19.9 Å². The fourth-order valence-electron chi connectivity index (χ4n) is 4.32. The molecule has 0 spiro atoms. The number of carbonyl (C=O) groups excluding carboxylic acids is 1. The van der Waals surface area contributed by atoms with E-state index in [2.05, 4.69) is 9.47 Å². The molecule has 0 bridgehead atoms. The molecule has 1 aliphatic heterocycles. The molecule has 180 valence electrons. The Labute approximate surface area is 212 Å². The molecule has 0 saturated heterocycles. The Kier molecular flexibility index (Phi) is 8.13. The molecule has 6 nitrogen and oxygen atoms in total. The highest BCUT2D eigenvalue weighted by Crippen LogP contribution is 2.33. The van der Waals surface area contributed by atoms with Gasteiger partial charge in [-0.1, -0.05) is 23.7 Å². The molecule has 1 atom stereocenters. The van der Waals surface area contributed by atoms with Crippen LogP contribution < -0.4 is 10.5 Å². The molecular formula is C26H31ClN4O2S. The molecule has 0 radical (unpaired) electrons. The molecule has 0 saturated carbocycles. The molecule has 2 heterocycles. The van der Waals surface area contributed by atoms with E-state index >= 15 is 0 Å². The van der Waals surface area contributed by atoms with Crippen molar-refractivity contribution in [1.82, 2.24) is 9.47 Å². The molecule has 1 unspecified atom stereocenters. The summed E-state index contributed by atoms with van der Waals surface area (Å²) in [5, 5.41) is 9.30. The van der Waals surface area contributed by atoms with Gasteiger partial charge in [-0.3, -0.25) is 4.79 Å². The van der Waals surface area contributed by atoms with Crippen molar-refractivity contribution in [3.05, 3.63) is 70.0 Å². The zero-order chi connectivity index (χ0) is 23.7. The number of aromatic nitrogens is 1. The van der Waals surface area contributed by atoms with E-state index in [9.17, 15) is 4.79 Å². The van der Waals surface area contributed by atoms with E-state index in [1.165, 1.54) is 6.21 Å². The Balaban J connectivity index is 0.00000324. The zero-order valence-electron chi connectivity index (χ0n) is 19.7. The minimum Gasteiger partial charge on any atom is -0.493 e. The maximum Gasteiger partial charge on any atom is 0.171 e. The highest BCUT2D eigenvalue weighted by molar-refractivity contribution is 7.59. The number of rotatable bonds is 7. The first-order valence-electron chi connectivity index (χ1n) is 11.0. The van der Waals surface area contributed by atoms with Gasteiger partial charge in [0, 0.05) is 58.3 Å². The minimum atomic E-state index is -0.271. The van der Waals surface area contributed by atoms with Crippen LogP contribution in [0.3, 0.4) is 0 Å². The van der Waals surface area contributed by atoms with Crippen LogP contribution in [0.1, 0.15) is 28.4 Å². The lowest BCUT2D eigenvalue weighted by atomic mass is 9.89. The number of allylic oxidation sites excluding steroid dienone is 2. The van der Waals surface area contributed by atoms with Crippen molar-refractivity contribution in [2.75, 3.05) is 27.2 Å². The van der Waals surface area contributed by atoms with E-state index in [0.717, 1.165) is 40.9 Å². The van der Waals surface area contributed by atoms with Crippen LogP contribution in [-0.4, -0.2) is 48.7 Å². The van der Waals surface area contributed by atoms with Crippen LogP contribution in [0.5, 0.6) is 5.75 Å². The van der Waals surface area contributed by atoms with E-state index < -0.39 is 0 Å². The molecule has 8 heteroatoms. The third kappa shape index (κ3) is 5.17. The zero-order valence-corrected chi connectivity index (χ0v) is 21.4.